The van der Waals surface area contributed by atoms with Crippen molar-refractivity contribution >= 4 is 38.8 Å². The molecule has 0 N–H and O–H groups in total. The van der Waals surface area contributed by atoms with Gasteiger partial charge in [-0.2, -0.15) is 10.1 Å². The summed E-state index contributed by atoms with van der Waals surface area (Å²) in [4.78, 5) is 18.3. The van der Waals surface area contributed by atoms with Crippen LogP contribution in [0.4, 0.5) is 5.13 Å². The van der Waals surface area contributed by atoms with Gasteiger partial charge in [-0.1, -0.05) is 11.3 Å². The van der Waals surface area contributed by atoms with Crippen LogP contribution >= 0.6 is 11.3 Å². The highest BCUT2D eigenvalue weighted by Gasteiger charge is 2.22. The van der Waals surface area contributed by atoms with Gasteiger partial charge in [0, 0.05) is 11.6 Å². The lowest BCUT2D eigenvalue weighted by Gasteiger charge is -2.15. The van der Waals surface area contributed by atoms with E-state index in [0.717, 1.165) is 21.5 Å². The number of anilines is 1. The number of hydrogen-bond acceptors (Lipinski definition) is 8. The molecule has 1 amide bonds. The zero-order valence-corrected chi connectivity index (χ0v) is 20.0. The van der Waals surface area contributed by atoms with Gasteiger partial charge in [-0.3, -0.25) is 4.79 Å². The number of hydrazone groups is 1. The van der Waals surface area contributed by atoms with E-state index in [-0.39, 0.29) is 5.91 Å². The van der Waals surface area contributed by atoms with Gasteiger partial charge >= 0.3 is 0 Å². The van der Waals surface area contributed by atoms with Gasteiger partial charge in [-0.05, 0) is 60.2 Å². The number of nitrogens with zero attached hydrogens (tertiary/aromatic N) is 3. The van der Waals surface area contributed by atoms with Gasteiger partial charge in [0.2, 0.25) is 5.13 Å². The average molecular weight is 478 g/mol. The molecule has 1 aromatic heterocycles. The molecule has 0 unspecified atom stereocenters. The summed E-state index contributed by atoms with van der Waals surface area (Å²) in [6.45, 7) is 0. The molecular formula is C25H23N3O5S. The SMILES string of the molecule is COc1ccc(/C=N/N(C(=O)c2cc(OC)cc(OC)c2)c2nc3ccc(OC)cc3s2)cc1. The molecule has 0 bridgehead atoms. The maximum Gasteiger partial charge on any atom is 0.281 e. The molecule has 0 aliphatic carbocycles. The van der Waals surface area contributed by atoms with Gasteiger partial charge in [0.25, 0.3) is 5.91 Å². The van der Waals surface area contributed by atoms with E-state index in [1.165, 1.54) is 30.6 Å². The lowest BCUT2D eigenvalue weighted by Crippen LogP contribution is -2.25. The number of carbonyl (C=O) groups excluding carboxylic acids is 1. The van der Waals surface area contributed by atoms with Crippen molar-refractivity contribution < 1.29 is 23.7 Å². The zero-order chi connectivity index (χ0) is 24.1. The number of thiazole rings is 1. The van der Waals surface area contributed by atoms with E-state index < -0.39 is 0 Å². The summed E-state index contributed by atoms with van der Waals surface area (Å²) in [5.41, 5.74) is 1.88. The molecule has 4 aromatic rings. The molecule has 9 heteroatoms. The molecule has 0 fully saturated rings. The minimum Gasteiger partial charge on any atom is -0.497 e. The minimum absolute atomic E-state index is 0.347. The van der Waals surface area contributed by atoms with E-state index in [0.29, 0.717) is 27.9 Å². The fourth-order valence-corrected chi connectivity index (χ4v) is 4.12. The Labute approximate surface area is 201 Å². The fraction of sp³-hybridized carbons (Fsp3) is 0.160. The maximum atomic E-state index is 13.6. The number of ether oxygens (including phenoxy) is 4. The van der Waals surface area contributed by atoms with E-state index in [1.807, 2.05) is 42.5 Å². The highest BCUT2D eigenvalue weighted by molar-refractivity contribution is 7.22. The molecule has 0 radical (unpaired) electrons. The molecule has 34 heavy (non-hydrogen) atoms. The Morgan fingerprint density at radius 1 is 0.824 bits per heavy atom. The van der Waals surface area contributed by atoms with E-state index in [9.17, 15) is 4.79 Å². The van der Waals surface area contributed by atoms with Crippen molar-refractivity contribution in [2.75, 3.05) is 33.4 Å². The Morgan fingerprint density at radius 2 is 1.44 bits per heavy atom. The first kappa shape index (κ1) is 23.1. The molecule has 3 aromatic carbocycles. The molecule has 174 valence electrons. The Balaban J connectivity index is 1.77. The van der Waals surface area contributed by atoms with Crippen LogP contribution in [0.1, 0.15) is 15.9 Å². The maximum absolute atomic E-state index is 13.6. The summed E-state index contributed by atoms with van der Waals surface area (Å²) in [6, 6.07) is 17.9. The van der Waals surface area contributed by atoms with Crippen molar-refractivity contribution in [1.29, 1.82) is 0 Å². The molecule has 0 aliphatic heterocycles. The van der Waals surface area contributed by atoms with Gasteiger partial charge in [0.15, 0.2) is 0 Å². The van der Waals surface area contributed by atoms with Crippen LogP contribution in [-0.4, -0.2) is 45.5 Å². The smallest absolute Gasteiger partial charge is 0.281 e. The molecule has 1 heterocycles. The quantitative estimate of drug-likeness (QED) is 0.262. The van der Waals surface area contributed by atoms with Crippen LogP contribution in [0.25, 0.3) is 10.2 Å². The normalized spacial score (nSPS) is 10.9. The fourth-order valence-electron chi connectivity index (χ4n) is 3.17. The summed E-state index contributed by atoms with van der Waals surface area (Å²) in [5, 5.41) is 6.19. The van der Waals surface area contributed by atoms with Gasteiger partial charge < -0.3 is 18.9 Å². The van der Waals surface area contributed by atoms with Crippen molar-refractivity contribution in [1.82, 2.24) is 4.98 Å². The second-order valence-electron chi connectivity index (χ2n) is 7.07. The van der Waals surface area contributed by atoms with Crippen LogP contribution in [0.15, 0.2) is 65.8 Å². The third-order valence-corrected chi connectivity index (χ3v) is 5.99. The highest BCUT2D eigenvalue weighted by Crippen LogP contribution is 2.33. The van der Waals surface area contributed by atoms with Crippen molar-refractivity contribution in [3.05, 3.63) is 71.8 Å². The molecule has 0 spiro atoms. The van der Waals surface area contributed by atoms with Crippen LogP contribution in [0.2, 0.25) is 0 Å². The highest BCUT2D eigenvalue weighted by atomic mass is 32.1. The first-order valence-corrected chi connectivity index (χ1v) is 11.1. The molecular weight excluding hydrogens is 454 g/mol. The van der Waals surface area contributed by atoms with E-state index in [4.69, 9.17) is 18.9 Å². The van der Waals surface area contributed by atoms with Crippen molar-refractivity contribution in [2.24, 2.45) is 5.10 Å². The van der Waals surface area contributed by atoms with E-state index in [1.54, 1.807) is 38.6 Å². The third kappa shape index (κ3) is 4.94. The number of benzene rings is 3. The van der Waals surface area contributed by atoms with Crippen molar-refractivity contribution in [3.8, 4) is 23.0 Å². The van der Waals surface area contributed by atoms with Crippen LogP contribution in [0.3, 0.4) is 0 Å². The predicted molar refractivity (Wildman–Crippen MR) is 133 cm³/mol. The van der Waals surface area contributed by atoms with Crippen LogP contribution < -0.4 is 24.0 Å². The molecule has 4 rings (SSSR count). The number of amides is 1. The Bertz CT molecular complexity index is 1310. The third-order valence-electron chi connectivity index (χ3n) is 4.99. The first-order valence-electron chi connectivity index (χ1n) is 10.2. The number of fused-ring (bicyclic) bond motifs is 1. The standard InChI is InChI=1S/C25H23N3O5S/c1-30-18-7-5-16(6-8-18)15-26-28(24(29)17-11-20(32-3)13-21(12-17)33-4)25-27-22-10-9-19(31-2)14-23(22)34-25/h5-15H,1-4H3/b26-15+. The van der Waals surface area contributed by atoms with Crippen molar-refractivity contribution in [3.63, 3.8) is 0 Å². The van der Waals surface area contributed by atoms with Crippen LogP contribution in [-0.2, 0) is 0 Å². The topological polar surface area (TPSA) is 82.5 Å². The van der Waals surface area contributed by atoms with Gasteiger partial charge in [0.1, 0.15) is 23.0 Å². The predicted octanol–water partition coefficient (Wildman–Crippen LogP) is 5.01. The first-order chi connectivity index (χ1) is 16.5. The lowest BCUT2D eigenvalue weighted by atomic mass is 10.2. The average Bonchev–Trinajstić information content (AvgIpc) is 3.31. The number of aromatic nitrogens is 1. The molecule has 0 aliphatic rings. The number of hydrogen-bond donors (Lipinski definition) is 0. The lowest BCUT2D eigenvalue weighted by molar-refractivity contribution is 0.0987. The Hall–Kier alpha value is -4.11. The van der Waals surface area contributed by atoms with Gasteiger partial charge in [-0.15, -0.1) is 0 Å². The number of methoxy groups -OCH3 is 4. The largest absolute Gasteiger partial charge is 0.497 e. The van der Waals surface area contributed by atoms with Gasteiger partial charge in [0.05, 0.1) is 44.9 Å². The second-order valence-corrected chi connectivity index (χ2v) is 8.08. The summed E-state index contributed by atoms with van der Waals surface area (Å²) in [7, 11) is 6.27. The molecule has 8 nitrogen and oxygen atoms in total. The van der Waals surface area contributed by atoms with Crippen LogP contribution in [0.5, 0.6) is 23.0 Å². The number of carbonyl (C=O) groups is 1. The molecule has 0 saturated carbocycles. The number of rotatable bonds is 8. The Kier molecular flexibility index (Phi) is 6.93. The summed E-state index contributed by atoms with van der Waals surface area (Å²) < 4.78 is 22.0. The molecule has 0 saturated heterocycles. The zero-order valence-electron chi connectivity index (χ0n) is 19.1. The molecule has 0 atom stereocenters. The monoisotopic (exact) mass is 477 g/mol. The minimum atomic E-state index is -0.381. The van der Waals surface area contributed by atoms with E-state index in [2.05, 4.69) is 10.1 Å². The summed E-state index contributed by atoms with van der Waals surface area (Å²) in [5.74, 6) is 2.05. The van der Waals surface area contributed by atoms with Crippen LogP contribution in [0, 0.1) is 0 Å². The van der Waals surface area contributed by atoms with E-state index >= 15 is 0 Å². The summed E-state index contributed by atoms with van der Waals surface area (Å²) >= 11 is 1.34. The second kappa shape index (κ2) is 10.2. The summed E-state index contributed by atoms with van der Waals surface area (Å²) in [6.07, 6.45) is 1.60. The van der Waals surface area contributed by atoms with Gasteiger partial charge in [-0.25, -0.2) is 4.98 Å². The van der Waals surface area contributed by atoms with Crippen molar-refractivity contribution in [2.45, 2.75) is 0 Å². The Morgan fingerprint density at radius 3 is 2.06 bits per heavy atom.